The van der Waals surface area contributed by atoms with Gasteiger partial charge in [-0.1, -0.05) is 43.2 Å². The minimum absolute atomic E-state index is 0.0885. The third-order valence-corrected chi connectivity index (χ3v) is 4.29. The van der Waals surface area contributed by atoms with Crippen LogP contribution in [0.1, 0.15) is 31.2 Å². The van der Waals surface area contributed by atoms with Crippen molar-refractivity contribution in [3.8, 4) is 5.75 Å². The van der Waals surface area contributed by atoms with Crippen molar-refractivity contribution >= 4 is 16.7 Å². The third-order valence-electron chi connectivity index (χ3n) is 4.29. The highest BCUT2D eigenvalue weighted by Crippen LogP contribution is 2.29. The van der Waals surface area contributed by atoms with Gasteiger partial charge in [0.15, 0.2) is 6.61 Å². The SMILES string of the molecule is NC(=O)COc1ccc2ccccc2c1CNC1CCCC1. The summed E-state index contributed by atoms with van der Waals surface area (Å²) < 4.78 is 5.61. The van der Waals surface area contributed by atoms with Gasteiger partial charge in [-0.05, 0) is 29.7 Å². The Labute approximate surface area is 130 Å². The van der Waals surface area contributed by atoms with Gasteiger partial charge in [0.2, 0.25) is 0 Å². The van der Waals surface area contributed by atoms with E-state index in [1.807, 2.05) is 24.3 Å². The summed E-state index contributed by atoms with van der Waals surface area (Å²) in [6.45, 7) is 0.662. The fourth-order valence-corrected chi connectivity index (χ4v) is 3.16. The molecule has 1 aliphatic rings. The van der Waals surface area contributed by atoms with Crippen molar-refractivity contribution in [2.75, 3.05) is 6.61 Å². The van der Waals surface area contributed by atoms with E-state index in [0.29, 0.717) is 6.04 Å². The van der Waals surface area contributed by atoms with E-state index in [2.05, 4.69) is 17.4 Å². The predicted molar refractivity (Wildman–Crippen MR) is 87.7 cm³/mol. The summed E-state index contributed by atoms with van der Waals surface area (Å²) in [4.78, 5) is 11.0. The van der Waals surface area contributed by atoms with Crippen LogP contribution in [-0.4, -0.2) is 18.6 Å². The number of benzene rings is 2. The first-order valence-corrected chi connectivity index (χ1v) is 7.89. The van der Waals surface area contributed by atoms with E-state index in [0.717, 1.165) is 23.2 Å². The van der Waals surface area contributed by atoms with Gasteiger partial charge in [0.25, 0.3) is 5.91 Å². The van der Waals surface area contributed by atoms with Crippen LogP contribution < -0.4 is 15.8 Å². The maximum atomic E-state index is 11.0. The van der Waals surface area contributed by atoms with Crippen LogP contribution in [-0.2, 0) is 11.3 Å². The molecule has 1 amide bonds. The van der Waals surface area contributed by atoms with E-state index in [9.17, 15) is 4.79 Å². The second-order valence-electron chi connectivity index (χ2n) is 5.88. The van der Waals surface area contributed by atoms with Crippen LogP contribution in [0.25, 0.3) is 10.8 Å². The van der Waals surface area contributed by atoms with Crippen molar-refractivity contribution in [1.29, 1.82) is 0 Å². The lowest BCUT2D eigenvalue weighted by Crippen LogP contribution is -2.26. The Morgan fingerprint density at radius 2 is 1.95 bits per heavy atom. The Morgan fingerprint density at radius 1 is 1.18 bits per heavy atom. The Kier molecular flexibility index (Phi) is 4.59. The van der Waals surface area contributed by atoms with Crippen LogP contribution in [0.3, 0.4) is 0 Å². The Hall–Kier alpha value is -2.07. The number of carbonyl (C=O) groups is 1. The van der Waals surface area contributed by atoms with E-state index >= 15 is 0 Å². The fourth-order valence-electron chi connectivity index (χ4n) is 3.16. The summed E-state index contributed by atoms with van der Waals surface area (Å²) in [5.74, 6) is 0.283. The molecule has 0 radical (unpaired) electrons. The predicted octanol–water partition coefficient (Wildman–Crippen LogP) is 2.74. The molecule has 0 aliphatic heterocycles. The molecule has 2 aromatic carbocycles. The summed E-state index contributed by atoms with van der Waals surface area (Å²) in [5.41, 5.74) is 6.30. The highest BCUT2D eigenvalue weighted by molar-refractivity contribution is 5.88. The van der Waals surface area contributed by atoms with E-state index in [-0.39, 0.29) is 6.61 Å². The van der Waals surface area contributed by atoms with Crippen LogP contribution in [0.4, 0.5) is 0 Å². The van der Waals surface area contributed by atoms with Gasteiger partial charge in [0.1, 0.15) is 5.75 Å². The van der Waals surface area contributed by atoms with Gasteiger partial charge in [-0.3, -0.25) is 4.79 Å². The molecule has 0 aromatic heterocycles. The lowest BCUT2D eigenvalue weighted by atomic mass is 10.0. The van der Waals surface area contributed by atoms with E-state index in [1.54, 1.807) is 0 Å². The summed E-state index contributed by atoms with van der Waals surface area (Å²) in [6, 6.07) is 12.8. The van der Waals surface area contributed by atoms with E-state index in [1.165, 1.54) is 31.1 Å². The second-order valence-corrected chi connectivity index (χ2v) is 5.88. The summed E-state index contributed by atoms with van der Waals surface area (Å²) in [7, 11) is 0. The Morgan fingerprint density at radius 3 is 2.73 bits per heavy atom. The summed E-state index contributed by atoms with van der Waals surface area (Å²) in [6.07, 6.45) is 5.08. The molecule has 2 aromatic rings. The molecule has 4 nitrogen and oxygen atoms in total. The number of rotatable bonds is 6. The van der Waals surface area contributed by atoms with Gasteiger partial charge in [-0.25, -0.2) is 0 Å². The number of nitrogens with two attached hydrogens (primary N) is 1. The number of amides is 1. The van der Waals surface area contributed by atoms with Crippen molar-refractivity contribution in [3.63, 3.8) is 0 Å². The minimum atomic E-state index is -0.456. The Balaban J connectivity index is 1.87. The number of nitrogens with one attached hydrogen (secondary N) is 1. The number of fused-ring (bicyclic) bond motifs is 1. The highest BCUT2D eigenvalue weighted by Gasteiger charge is 2.16. The molecule has 0 saturated heterocycles. The molecular formula is C18H22N2O2. The molecule has 0 atom stereocenters. The highest BCUT2D eigenvalue weighted by atomic mass is 16.5. The first kappa shape index (κ1) is 14.9. The van der Waals surface area contributed by atoms with Crippen LogP contribution in [0.2, 0.25) is 0 Å². The number of carbonyl (C=O) groups excluding carboxylic acids is 1. The van der Waals surface area contributed by atoms with Gasteiger partial charge >= 0.3 is 0 Å². The quantitative estimate of drug-likeness (QED) is 0.862. The molecule has 4 heteroatoms. The maximum Gasteiger partial charge on any atom is 0.255 e. The number of primary amides is 1. The Bertz CT molecular complexity index is 663. The van der Waals surface area contributed by atoms with Crippen LogP contribution in [0.5, 0.6) is 5.75 Å². The second kappa shape index (κ2) is 6.79. The lowest BCUT2D eigenvalue weighted by molar-refractivity contribution is -0.119. The zero-order valence-corrected chi connectivity index (χ0v) is 12.7. The molecule has 0 spiro atoms. The van der Waals surface area contributed by atoms with E-state index in [4.69, 9.17) is 10.5 Å². The molecule has 3 N–H and O–H groups in total. The maximum absolute atomic E-state index is 11.0. The standard InChI is InChI=1S/C18H22N2O2/c19-18(21)12-22-17-10-9-13-5-1-4-8-15(13)16(17)11-20-14-6-2-3-7-14/h1,4-5,8-10,14,20H,2-3,6-7,11-12H2,(H2,19,21). The monoisotopic (exact) mass is 298 g/mol. The van der Waals surface area contributed by atoms with Crippen LogP contribution >= 0.6 is 0 Å². The molecule has 22 heavy (non-hydrogen) atoms. The van der Waals surface area contributed by atoms with E-state index < -0.39 is 5.91 Å². The lowest BCUT2D eigenvalue weighted by Gasteiger charge is -2.17. The zero-order valence-electron chi connectivity index (χ0n) is 12.7. The van der Waals surface area contributed by atoms with Gasteiger partial charge in [0.05, 0.1) is 0 Å². The molecule has 116 valence electrons. The van der Waals surface area contributed by atoms with Gasteiger partial charge in [-0.2, -0.15) is 0 Å². The average Bonchev–Trinajstić information content (AvgIpc) is 3.04. The molecule has 0 heterocycles. The largest absolute Gasteiger partial charge is 0.483 e. The first-order valence-electron chi connectivity index (χ1n) is 7.89. The molecule has 3 rings (SSSR count). The summed E-state index contributed by atoms with van der Waals surface area (Å²) >= 11 is 0. The molecule has 1 fully saturated rings. The van der Waals surface area contributed by atoms with Crippen molar-refractivity contribution < 1.29 is 9.53 Å². The number of hydrogen-bond donors (Lipinski definition) is 2. The topological polar surface area (TPSA) is 64.4 Å². The third kappa shape index (κ3) is 3.39. The minimum Gasteiger partial charge on any atom is -0.483 e. The molecule has 0 bridgehead atoms. The number of hydrogen-bond acceptors (Lipinski definition) is 3. The van der Waals surface area contributed by atoms with Crippen molar-refractivity contribution in [2.45, 2.75) is 38.3 Å². The average molecular weight is 298 g/mol. The number of ether oxygens (including phenoxy) is 1. The normalized spacial score (nSPS) is 15.3. The van der Waals surface area contributed by atoms with Crippen LogP contribution in [0, 0.1) is 0 Å². The van der Waals surface area contributed by atoms with Gasteiger partial charge in [-0.15, -0.1) is 0 Å². The van der Waals surface area contributed by atoms with Gasteiger partial charge < -0.3 is 15.8 Å². The smallest absolute Gasteiger partial charge is 0.255 e. The molecular weight excluding hydrogens is 276 g/mol. The van der Waals surface area contributed by atoms with Crippen molar-refractivity contribution in [3.05, 3.63) is 42.0 Å². The van der Waals surface area contributed by atoms with Crippen LogP contribution in [0.15, 0.2) is 36.4 Å². The van der Waals surface area contributed by atoms with Gasteiger partial charge in [0, 0.05) is 18.2 Å². The fraction of sp³-hybridized carbons (Fsp3) is 0.389. The van der Waals surface area contributed by atoms with Crippen molar-refractivity contribution in [2.24, 2.45) is 5.73 Å². The molecule has 0 unspecified atom stereocenters. The first-order chi connectivity index (χ1) is 10.7. The summed E-state index contributed by atoms with van der Waals surface area (Å²) in [5, 5.41) is 5.96. The molecule has 1 saturated carbocycles. The zero-order chi connectivity index (χ0) is 15.4. The molecule has 1 aliphatic carbocycles. The van der Waals surface area contributed by atoms with Crippen molar-refractivity contribution in [1.82, 2.24) is 5.32 Å².